The zero-order valence-electron chi connectivity index (χ0n) is 10.1. The largest absolute Gasteiger partial charge is 0.443 e. The first kappa shape index (κ1) is 11.6. The van der Waals surface area contributed by atoms with Gasteiger partial charge in [0.2, 0.25) is 5.91 Å². The first-order valence-corrected chi connectivity index (χ1v) is 5.74. The molecule has 2 aromatic rings. The van der Waals surface area contributed by atoms with E-state index >= 15 is 0 Å². The molecule has 4 nitrogen and oxygen atoms in total. The third kappa shape index (κ3) is 3.06. The van der Waals surface area contributed by atoms with Crippen molar-refractivity contribution in [3.8, 4) is 0 Å². The second-order valence-corrected chi connectivity index (χ2v) is 4.53. The van der Waals surface area contributed by atoms with Crippen LogP contribution in [-0.2, 0) is 11.2 Å². The molecule has 0 fully saturated rings. The van der Waals surface area contributed by atoms with E-state index in [2.05, 4.69) is 24.1 Å². The summed E-state index contributed by atoms with van der Waals surface area (Å²) < 4.78 is 5.20. The lowest BCUT2D eigenvalue weighted by molar-refractivity contribution is -0.120. The third-order valence-corrected chi connectivity index (χ3v) is 2.47. The summed E-state index contributed by atoms with van der Waals surface area (Å²) in [6.45, 7) is 4.85. The molecule has 1 heterocycles. The Morgan fingerprint density at radius 3 is 3.06 bits per heavy atom. The fraction of sp³-hybridized carbons (Fsp3) is 0.385. The molecule has 0 bridgehead atoms. The number of rotatable bonds is 4. The Bertz CT molecular complexity index is 517. The van der Waals surface area contributed by atoms with Gasteiger partial charge in [0, 0.05) is 6.54 Å². The smallest absolute Gasteiger partial charge is 0.224 e. The Kier molecular flexibility index (Phi) is 3.42. The highest BCUT2D eigenvalue weighted by Crippen LogP contribution is 2.14. The van der Waals surface area contributed by atoms with Crippen molar-refractivity contribution in [1.82, 2.24) is 10.3 Å². The van der Waals surface area contributed by atoms with E-state index in [-0.39, 0.29) is 5.91 Å². The number of nitrogens with zero attached hydrogens (tertiary/aromatic N) is 1. The fourth-order valence-corrected chi connectivity index (χ4v) is 1.58. The van der Waals surface area contributed by atoms with Crippen LogP contribution in [0.3, 0.4) is 0 Å². The maximum absolute atomic E-state index is 11.6. The van der Waals surface area contributed by atoms with Crippen LogP contribution in [0.25, 0.3) is 11.1 Å². The molecule has 0 unspecified atom stereocenters. The van der Waals surface area contributed by atoms with Crippen molar-refractivity contribution in [2.75, 3.05) is 6.54 Å². The van der Waals surface area contributed by atoms with Gasteiger partial charge in [-0.3, -0.25) is 4.79 Å². The van der Waals surface area contributed by atoms with Crippen LogP contribution < -0.4 is 5.32 Å². The van der Waals surface area contributed by atoms with Crippen molar-refractivity contribution in [3.05, 3.63) is 30.2 Å². The standard InChI is InChI=1S/C13H16N2O2/c1-9(2)7-14-13(16)6-10-3-4-11-12(5-10)17-8-15-11/h3-5,8-9H,6-7H2,1-2H3,(H,14,16). The Morgan fingerprint density at radius 1 is 1.47 bits per heavy atom. The first-order valence-electron chi connectivity index (χ1n) is 5.74. The summed E-state index contributed by atoms with van der Waals surface area (Å²) in [5.41, 5.74) is 2.48. The van der Waals surface area contributed by atoms with E-state index in [4.69, 9.17) is 4.42 Å². The van der Waals surface area contributed by atoms with Gasteiger partial charge >= 0.3 is 0 Å². The van der Waals surface area contributed by atoms with Gasteiger partial charge in [-0.2, -0.15) is 0 Å². The van der Waals surface area contributed by atoms with E-state index in [1.54, 1.807) is 0 Å². The monoisotopic (exact) mass is 232 g/mol. The Labute approximate surface area is 100 Å². The number of carbonyl (C=O) groups excluding carboxylic acids is 1. The minimum atomic E-state index is 0.0394. The molecular formula is C13H16N2O2. The molecule has 0 aliphatic heterocycles. The van der Waals surface area contributed by atoms with Crippen LogP contribution >= 0.6 is 0 Å². The third-order valence-electron chi connectivity index (χ3n) is 2.47. The van der Waals surface area contributed by atoms with Crippen molar-refractivity contribution >= 4 is 17.0 Å². The van der Waals surface area contributed by atoms with Crippen molar-refractivity contribution in [2.24, 2.45) is 5.92 Å². The second kappa shape index (κ2) is 4.99. The lowest BCUT2D eigenvalue weighted by atomic mass is 10.1. The topological polar surface area (TPSA) is 55.1 Å². The molecule has 90 valence electrons. The summed E-state index contributed by atoms with van der Waals surface area (Å²) in [5.74, 6) is 0.508. The average molecular weight is 232 g/mol. The molecular weight excluding hydrogens is 216 g/mol. The summed E-state index contributed by atoms with van der Waals surface area (Å²) in [7, 11) is 0. The van der Waals surface area contributed by atoms with Crippen LogP contribution in [0.5, 0.6) is 0 Å². The van der Waals surface area contributed by atoms with Gasteiger partial charge in [-0.25, -0.2) is 4.98 Å². The quantitative estimate of drug-likeness (QED) is 0.878. The summed E-state index contributed by atoms with van der Waals surface area (Å²) in [4.78, 5) is 15.7. The van der Waals surface area contributed by atoms with E-state index in [1.807, 2.05) is 18.2 Å². The van der Waals surface area contributed by atoms with E-state index in [1.165, 1.54) is 6.39 Å². The molecule has 0 atom stereocenters. The highest BCUT2D eigenvalue weighted by atomic mass is 16.3. The molecule has 0 aliphatic carbocycles. The zero-order valence-corrected chi connectivity index (χ0v) is 10.1. The minimum absolute atomic E-state index is 0.0394. The zero-order chi connectivity index (χ0) is 12.3. The predicted octanol–water partition coefficient (Wildman–Crippen LogP) is 2.14. The maximum atomic E-state index is 11.6. The fourth-order valence-electron chi connectivity index (χ4n) is 1.58. The van der Waals surface area contributed by atoms with Gasteiger partial charge in [-0.1, -0.05) is 19.9 Å². The maximum Gasteiger partial charge on any atom is 0.224 e. The van der Waals surface area contributed by atoms with Crippen molar-refractivity contribution in [2.45, 2.75) is 20.3 Å². The summed E-state index contributed by atoms with van der Waals surface area (Å²) in [5, 5.41) is 2.89. The summed E-state index contributed by atoms with van der Waals surface area (Å²) in [6.07, 6.45) is 1.79. The molecule has 0 radical (unpaired) electrons. The van der Waals surface area contributed by atoms with Crippen molar-refractivity contribution in [3.63, 3.8) is 0 Å². The molecule has 0 spiro atoms. The number of oxazole rings is 1. The molecule has 0 aliphatic rings. The summed E-state index contributed by atoms with van der Waals surface area (Å²) in [6, 6.07) is 5.63. The Balaban J connectivity index is 2.00. The number of benzene rings is 1. The molecule has 0 saturated heterocycles. The minimum Gasteiger partial charge on any atom is -0.443 e. The van der Waals surface area contributed by atoms with Crippen LogP contribution in [0.4, 0.5) is 0 Å². The van der Waals surface area contributed by atoms with E-state index < -0.39 is 0 Å². The number of aromatic nitrogens is 1. The number of carbonyl (C=O) groups is 1. The molecule has 1 aromatic carbocycles. The lowest BCUT2D eigenvalue weighted by Crippen LogP contribution is -2.28. The van der Waals surface area contributed by atoms with Crippen molar-refractivity contribution in [1.29, 1.82) is 0 Å². The first-order chi connectivity index (χ1) is 8.15. The van der Waals surface area contributed by atoms with Gasteiger partial charge in [0.15, 0.2) is 12.0 Å². The van der Waals surface area contributed by atoms with Gasteiger partial charge in [0.25, 0.3) is 0 Å². The molecule has 1 aromatic heterocycles. The van der Waals surface area contributed by atoms with Crippen LogP contribution in [-0.4, -0.2) is 17.4 Å². The normalized spacial score (nSPS) is 11.0. The Morgan fingerprint density at radius 2 is 2.29 bits per heavy atom. The molecule has 1 amide bonds. The average Bonchev–Trinajstić information content (AvgIpc) is 2.73. The van der Waals surface area contributed by atoms with Gasteiger partial charge in [0.05, 0.1) is 6.42 Å². The number of hydrogen-bond donors (Lipinski definition) is 1. The number of hydrogen-bond acceptors (Lipinski definition) is 3. The SMILES string of the molecule is CC(C)CNC(=O)Cc1ccc2ncoc2c1. The molecule has 1 N–H and O–H groups in total. The second-order valence-electron chi connectivity index (χ2n) is 4.53. The van der Waals surface area contributed by atoms with Crippen LogP contribution in [0, 0.1) is 5.92 Å². The van der Waals surface area contributed by atoms with E-state index in [0.29, 0.717) is 18.9 Å². The molecule has 17 heavy (non-hydrogen) atoms. The van der Waals surface area contributed by atoms with E-state index in [0.717, 1.165) is 16.7 Å². The molecule has 0 saturated carbocycles. The highest BCUT2D eigenvalue weighted by molar-refractivity contribution is 5.80. The van der Waals surface area contributed by atoms with Gasteiger partial charge in [-0.15, -0.1) is 0 Å². The number of fused-ring (bicyclic) bond motifs is 1. The van der Waals surface area contributed by atoms with E-state index in [9.17, 15) is 4.79 Å². The predicted molar refractivity (Wildman–Crippen MR) is 65.6 cm³/mol. The number of amides is 1. The Hall–Kier alpha value is -1.84. The highest BCUT2D eigenvalue weighted by Gasteiger charge is 2.06. The van der Waals surface area contributed by atoms with Crippen LogP contribution in [0.1, 0.15) is 19.4 Å². The summed E-state index contributed by atoms with van der Waals surface area (Å²) >= 11 is 0. The van der Waals surface area contributed by atoms with Gasteiger partial charge in [0.1, 0.15) is 5.52 Å². The molecule has 4 heteroatoms. The van der Waals surface area contributed by atoms with Crippen LogP contribution in [0.15, 0.2) is 29.0 Å². The van der Waals surface area contributed by atoms with Gasteiger partial charge in [-0.05, 0) is 23.6 Å². The van der Waals surface area contributed by atoms with Gasteiger partial charge < -0.3 is 9.73 Å². The number of nitrogens with one attached hydrogen (secondary N) is 1. The molecule has 2 rings (SSSR count). The van der Waals surface area contributed by atoms with Crippen LogP contribution in [0.2, 0.25) is 0 Å². The van der Waals surface area contributed by atoms with Crippen molar-refractivity contribution < 1.29 is 9.21 Å². The lowest BCUT2D eigenvalue weighted by Gasteiger charge is -2.07.